The van der Waals surface area contributed by atoms with Gasteiger partial charge in [-0.05, 0) is 35.7 Å². The number of benzene rings is 1. The molecule has 2 N–H and O–H groups in total. The first-order chi connectivity index (χ1) is 13.1. The van der Waals surface area contributed by atoms with Crippen LogP contribution in [0.5, 0.6) is 5.75 Å². The summed E-state index contributed by atoms with van der Waals surface area (Å²) in [6.07, 6.45) is 0.242. The molecule has 1 aromatic carbocycles. The number of carbonyl (C=O) groups excluding carboxylic acids is 2. The fourth-order valence-electron chi connectivity index (χ4n) is 2.67. The van der Waals surface area contributed by atoms with Crippen LogP contribution in [0.4, 0.5) is 5.69 Å². The van der Waals surface area contributed by atoms with Crippen molar-refractivity contribution in [2.45, 2.75) is 12.3 Å². The molecule has 0 aliphatic carbocycles. The number of allylic oxidation sites excluding steroid dienone is 1. The lowest BCUT2D eigenvalue weighted by molar-refractivity contribution is -0.121. The zero-order chi connectivity index (χ0) is 19.2. The van der Waals surface area contributed by atoms with Crippen LogP contribution in [0, 0.1) is 11.3 Å². The van der Waals surface area contributed by atoms with Crippen LogP contribution in [0.2, 0.25) is 0 Å². The van der Waals surface area contributed by atoms with E-state index in [-0.39, 0.29) is 29.9 Å². The fourth-order valence-corrected chi connectivity index (χ4v) is 4.39. The van der Waals surface area contributed by atoms with Gasteiger partial charge in [0.25, 0.3) is 0 Å². The molecule has 1 atom stereocenters. The molecular weight excluding hydrogens is 382 g/mol. The number of anilines is 1. The van der Waals surface area contributed by atoms with Gasteiger partial charge in [-0.3, -0.25) is 9.59 Å². The highest BCUT2D eigenvalue weighted by atomic mass is 32.2. The van der Waals surface area contributed by atoms with E-state index >= 15 is 0 Å². The number of hydrogen-bond acceptors (Lipinski definition) is 6. The lowest BCUT2D eigenvalue weighted by atomic mass is 9.93. The number of nitriles is 1. The maximum Gasteiger partial charge on any atom is 0.234 e. The van der Waals surface area contributed by atoms with Crippen LogP contribution in [0.15, 0.2) is 52.4 Å². The highest BCUT2D eigenvalue weighted by Crippen LogP contribution is 2.37. The van der Waals surface area contributed by atoms with E-state index in [9.17, 15) is 14.9 Å². The van der Waals surface area contributed by atoms with E-state index in [2.05, 4.69) is 16.7 Å². The molecule has 0 bridgehead atoms. The Hall–Kier alpha value is -2.76. The number of ether oxygens (including phenoxy) is 1. The average Bonchev–Trinajstić information content (AvgIpc) is 3.21. The van der Waals surface area contributed by atoms with Gasteiger partial charge in [-0.2, -0.15) is 5.26 Å². The van der Waals surface area contributed by atoms with Crippen LogP contribution in [-0.4, -0.2) is 24.7 Å². The van der Waals surface area contributed by atoms with Crippen molar-refractivity contribution in [1.82, 2.24) is 5.32 Å². The van der Waals surface area contributed by atoms with Gasteiger partial charge < -0.3 is 15.4 Å². The second-order valence-electron chi connectivity index (χ2n) is 5.74. The molecule has 0 unspecified atom stereocenters. The summed E-state index contributed by atoms with van der Waals surface area (Å²) in [5, 5.41) is 17.5. The van der Waals surface area contributed by atoms with Crippen molar-refractivity contribution in [2.75, 3.05) is 18.2 Å². The van der Waals surface area contributed by atoms with E-state index in [0.29, 0.717) is 22.0 Å². The molecule has 1 aromatic heterocycles. The lowest BCUT2D eigenvalue weighted by Gasteiger charge is -2.23. The van der Waals surface area contributed by atoms with Crippen molar-refractivity contribution >= 4 is 40.6 Å². The fraction of sp³-hybridized carbons (Fsp3) is 0.211. The van der Waals surface area contributed by atoms with Crippen molar-refractivity contribution in [3.63, 3.8) is 0 Å². The zero-order valence-electron chi connectivity index (χ0n) is 14.5. The molecule has 2 heterocycles. The molecule has 8 heteroatoms. The molecule has 1 aliphatic heterocycles. The van der Waals surface area contributed by atoms with Crippen molar-refractivity contribution < 1.29 is 14.3 Å². The van der Waals surface area contributed by atoms with Gasteiger partial charge in [0, 0.05) is 22.9 Å². The maximum atomic E-state index is 12.2. The quantitative estimate of drug-likeness (QED) is 0.776. The van der Waals surface area contributed by atoms with Crippen LogP contribution < -0.4 is 15.4 Å². The van der Waals surface area contributed by atoms with Crippen LogP contribution in [0.3, 0.4) is 0 Å². The minimum Gasteiger partial charge on any atom is -0.497 e. The minimum absolute atomic E-state index is 0.0873. The minimum atomic E-state index is -0.254. The van der Waals surface area contributed by atoms with Crippen LogP contribution in [0.25, 0.3) is 0 Å². The largest absolute Gasteiger partial charge is 0.497 e. The summed E-state index contributed by atoms with van der Waals surface area (Å²) in [5.74, 6) is 0.170. The van der Waals surface area contributed by atoms with Gasteiger partial charge in [0.1, 0.15) is 5.75 Å². The third kappa shape index (κ3) is 4.70. The molecule has 0 saturated heterocycles. The van der Waals surface area contributed by atoms with Crippen molar-refractivity contribution in [3.8, 4) is 11.8 Å². The highest BCUT2D eigenvalue weighted by Gasteiger charge is 2.30. The summed E-state index contributed by atoms with van der Waals surface area (Å²) in [4.78, 5) is 25.3. The average molecular weight is 399 g/mol. The Balaban J connectivity index is 1.68. The normalized spacial score (nSPS) is 16.4. The number of nitrogens with zero attached hydrogens (tertiary/aromatic N) is 1. The van der Waals surface area contributed by atoms with Gasteiger partial charge in [-0.15, -0.1) is 11.3 Å². The molecule has 0 spiro atoms. The molecule has 6 nitrogen and oxygen atoms in total. The van der Waals surface area contributed by atoms with Gasteiger partial charge in [0.2, 0.25) is 11.8 Å². The number of hydrogen-bond donors (Lipinski definition) is 2. The Morgan fingerprint density at radius 1 is 1.41 bits per heavy atom. The van der Waals surface area contributed by atoms with Crippen molar-refractivity contribution in [2.24, 2.45) is 0 Å². The predicted octanol–water partition coefficient (Wildman–Crippen LogP) is 3.47. The van der Waals surface area contributed by atoms with Crippen molar-refractivity contribution in [1.29, 1.82) is 5.26 Å². The van der Waals surface area contributed by atoms with Gasteiger partial charge in [-0.1, -0.05) is 17.8 Å². The molecule has 0 saturated carbocycles. The van der Waals surface area contributed by atoms with Crippen molar-refractivity contribution in [3.05, 3.63) is 57.3 Å². The second-order valence-corrected chi connectivity index (χ2v) is 7.71. The smallest absolute Gasteiger partial charge is 0.234 e. The molecule has 138 valence electrons. The van der Waals surface area contributed by atoms with Gasteiger partial charge >= 0.3 is 0 Å². The standard InChI is InChI=1S/C19H17N3O3S2/c1-25-13-6-4-12(5-7-13)21-18(24)11-27-19-15(10-20)14(9-17(23)22-19)16-3-2-8-26-16/h2-8,14H,9,11H2,1H3,(H,21,24)(H,22,23)/t14-/m1/s1. The molecule has 0 fully saturated rings. The molecule has 27 heavy (non-hydrogen) atoms. The Kier molecular flexibility index (Phi) is 6.16. The number of amides is 2. The first kappa shape index (κ1) is 19.0. The molecule has 3 rings (SSSR count). The van der Waals surface area contributed by atoms with E-state index in [1.54, 1.807) is 31.4 Å². The molecule has 0 radical (unpaired) electrons. The first-order valence-electron chi connectivity index (χ1n) is 8.15. The lowest BCUT2D eigenvalue weighted by Crippen LogP contribution is -2.31. The topological polar surface area (TPSA) is 91.2 Å². The van der Waals surface area contributed by atoms with E-state index in [4.69, 9.17) is 4.74 Å². The second kappa shape index (κ2) is 8.75. The van der Waals surface area contributed by atoms with E-state index in [1.807, 2.05) is 17.5 Å². The molecule has 2 amide bonds. The number of methoxy groups -OCH3 is 1. The van der Waals surface area contributed by atoms with E-state index < -0.39 is 0 Å². The summed E-state index contributed by atoms with van der Waals surface area (Å²) in [6, 6.07) is 13.0. The van der Waals surface area contributed by atoms with Crippen LogP contribution >= 0.6 is 23.1 Å². The molecule has 2 aromatic rings. The number of thioether (sulfide) groups is 1. The summed E-state index contributed by atoms with van der Waals surface area (Å²) < 4.78 is 5.08. The predicted molar refractivity (Wildman–Crippen MR) is 107 cm³/mol. The zero-order valence-corrected chi connectivity index (χ0v) is 16.2. The summed E-state index contributed by atoms with van der Waals surface area (Å²) in [5.41, 5.74) is 1.15. The Labute approximate surface area is 165 Å². The Morgan fingerprint density at radius 3 is 2.81 bits per heavy atom. The van der Waals surface area contributed by atoms with Gasteiger partial charge in [0.05, 0.1) is 29.5 Å². The third-order valence-corrected chi connectivity index (χ3v) is 5.97. The molecular formula is C19H17N3O3S2. The van der Waals surface area contributed by atoms with Crippen LogP contribution in [0.1, 0.15) is 17.2 Å². The van der Waals surface area contributed by atoms with Crippen LogP contribution in [-0.2, 0) is 9.59 Å². The Morgan fingerprint density at radius 2 is 2.19 bits per heavy atom. The molecule has 1 aliphatic rings. The number of rotatable bonds is 6. The van der Waals surface area contributed by atoms with Gasteiger partial charge in [0.15, 0.2) is 0 Å². The summed E-state index contributed by atoms with van der Waals surface area (Å²) in [7, 11) is 1.58. The number of thiophene rings is 1. The highest BCUT2D eigenvalue weighted by molar-refractivity contribution is 8.03. The summed E-state index contributed by atoms with van der Waals surface area (Å²) >= 11 is 2.68. The Bertz CT molecular complexity index is 899. The first-order valence-corrected chi connectivity index (χ1v) is 10.0. The summed E-state index contributed by atoms with van der Waals surface area (Å²) in [6.45, 7) is 0. The maximum absolute atomic E-state index is 12.2. The number of nitrogens with one attached hydrogen (secondary N) is 2. The van der Waals surface area contributed by atoms with Gasteiger partial charge in [-0.25, -0.2) is 0 Å². The van der Waals surface area contributed by atoms with E-state index in [1.165, 1.54) is 11.3 Å². The monoisotopic (exact) mass is 399 g/mol. The third-order valence-electron chi connectivity index (χ3n) is 3.96. The number of carbonyl (C=O) groups is 2. The van der Waals surface area contributed by atoms with E-state index in [0.717, 1.165) is 16.6 Å². The SMILES string of the molecule is COc1ccc(NC(=O)CSC2=C(C#N)[C@H](c3cccs3)CC(=O)N2)cc1.